The smallest absolute Gasteiger partial charge is 0.223 e. The number of fused-ring (bicyclic) bond motifs is 2. The lowest BCUT2D eigenvalue weighted by atomic mass is 9.88. The van der Waals surface area contributed by atoms with Crippen LogP contribution in [0.5, 0.6) is 0 Å². The molecule has 0 aromatic rings. The third-order valence-corrected chi connectivity index (χ3v) is 4.90. The fourth-order valence-corrected chi connectivity index (χ4v) is 3.81. The lowest BCUT2D eigenvalue weighted by Crippen LogP contribution is -2.35. The van der Waals surface area contributed by atoms with Gasteiger partial charge in [0.05, 0.1) is 6.61 Å². The number of carbonyl (C=O) groups excluding carboxylic acids is 1. The quantitative estimate of drug-likeness (QED) is 0.765. The molecule has 4 unspecified atom stereocenters. The van der Waals surface area contributed by atoms with E-state index in [4.69, 9.17) is 4.74 Å². The molecule has 1 amide bonds. The summed E-state index contributed by atoms with van der Waals surface area (Å²) in [4.78, 5) is 12.4. The van der Waals surface area contributed by atoms with Crippen molar-refractivity contribution in [2.45, 2.75) is 36.9 Å². The number of ether oxygens (including phenoxy) is 1. The molecule has 4 atom stereocenters. The van der Waals surface area contributed by atoms with Gasteiger partial charge in [0.15, 0.2) is 0 Å². The van der Waals surface area contributed by atoms with Crippen LogP contribution in [0, 0.1) is 17.8 Å². The van der Waals surface area contributed by atoms with Crippen molar-refractivity contribution in [2.24, 2.45) is 17.8 Å². The number of hydrogen-bond acceptors (Lipinski definition) is 2. The molecule has 3 nitrogen and oxygen atoms in total. The second-order valence-corrected chi connectivity index (χ2v) is 6.71. The summed E-state index contributed by atoms with van der Waals surface area (Å²) in [7, 11) is 1.70. The number of methoxy groups -OCH3 is 1. The Morgan fingerprint density at radius 1 is 1.47 bits per heavy atom. The van der Waals surface area contributed by atoms with E-state index in [1.165, 1.54) is 19.3 Å². The van der Waals surface area contributed by atoms with Crippen molar-refractivity contribution in [2.75, 3.05) is 20.3 Å². The molecule has 0 spiro atoms. The van der Waals surface area contributed by atoms with Gasteiger partial charge < -0.3 is 10.1 Å². The summed E-state index contributed by atoms with van der Waals surface area (Å²) in [5.74, 6) is 2.12. The Kier molecular flexibility index (Phi) is 4.86. The van der Waals surface area contributed by atoms with E-state index in [2.05, 4.69) is 21.2 Å². The standard InChI is InChI=1S/C13H22BrNO2/c1-17-8-11(14)4-5-15-13(16)12-7-9-2-3-10(12)6-9/h9-12H,2-8H2,1H3,(H,15,16). The predicted molar refractivity (Wildman–Crippen MR) is 71.2 cm³/mol. The highest BCUT2D eigenvalue weighted by Crippen LogP contribution is 2.48. The summed E-state index contributed by atoms with van der Waals surface area (Å²) in [5, 5.41) is 3.07. The molecule has 0 aromatic carbocycles. The molecule has 2 fully saturated rings. The summed E-state index contributed by atoms with van der Waals surface area (Å²) in [6, 6.07) is 0. The van der Waals surface area contributed by atoms with E-state index in [-0.39, 0.29) is 5.91 Å². The molecule has 2 bridgehead atoms. The van der Waals surface area contributed by atoms with Crippen molar-refractivity contribution >= 4 is 21.8 Å². The summed E-state index contributed by atoms with van der Waals surface area (Å²) in [6.07, 6.45) is 5.98. The number of carbonyl (C=O) groups is 1. The highest BCUT2D eigenvalue weighted by Gasteiger charge is 2.42. The Balaban J connectivity index is 1.64. The molecule has 0 heterocycles. The molecular formula is C13H22BrNO2. The molecule has 2 aliphatic carbocycles. The average Bonchev–Trinajstić information content (AvgIpc) is 2.90. The number of hydrogen-bond donors (Lipinski definition) is 1. The van der Waals surface area contributed by atoms with Gasteiger partial charge in [0, 0.05) is 24.4 Å². The van der Waals surface area contributed by atoms with Crippen LogP contribution in [0.4, 0.5) is 0 Å². The van der Waals surface area contributed by atoms with Gasteiger partial charge in [-0.3, -0.25) is 4.79 Å². The molecule has 4 heteroatoms. The number of halogens is 1. The third-order valence-electron chi connectivity index (χ3n) is 4.18. The average molecular weight is 304 g/mol. The number of amides is 1. The minimum absolute atomic E-state index is 0.286. The van der Waals surface area contributed by atoms with E-state index < -0.39 is 0 Å². The maximum absolute atomic E-state index is 12.0. The van der Waals surface area contributed by atoms with E-state index in [9.17, 15) is 4.79 Å². The van der Waals surface area contributed by atoms with Gasteiger partial charge in [-0.25, -0.2) is 0 Å². The first-order valence-corrected chi connectivity index (χ1v) is 7.53. The Bertz CT molecular complexity index is 272. The van der Waals surface area contributed by atoms with Crippen molar-refractivity contribution in [3.05, 3.63) is 0 Å². The minimum Gasteiger partial charge on any atom is -0.384 e. The fraction of sp³-hybridized carbons (Fsp3) is 0.923. The molecule has 0 radical (unpaired) electrons. The summed E-state index contributed by atoms with van der Waals surface area (Å²) >= 11 is 3.53. The fourth-order valence-electron chi connectivity index (χ4n) is 3.31. The van der Waals surface area contributed by atoms with Crippen molar-refractivity contribution in [1.82, 2.24) is 5.32 Å². The Labute approximate surface area is 112 Å². The van der Waals surface area contributed by atoms with E-state index >= 15 is 0 Å². The highest BCUT2D eigenvalue weighted by atomic mass is 79.9. The van der Waals surface area contributed by atoms with Gasteiger partial charge in [0.25, 0.3) is 0 Å². The number of rotatable bonds is 6. The Hall–Kier alpha value is -0.0900. The van der Waals surface area contributed by atoms with Crippen molar-refractivity contribution in [3.8, 4) is 0 Å². The second kappa shape index (κ2) is 6.19. The van der Waals surface area contributed by atoms with Crippen molar-refractivity contribution < 1.29 is 9.53 Å². The maximum Gasteiger partial charge on any atom is 0.223 e. The van der Waals surface area contributed by atoms with Crippen molar-refractivity contribution in [1.29, 1.82) is 0 Å². The normalized spacial score (nSPS) is 32.7. The Morgan fingerprint density at radius 2 is 2.29 bits per heavy atom. The SMILES string of the molecule is COCC(Br)CCNC(=O)C1CC2CCC1C2. The van der Waals surface area contributed by atoms with E-state index in [1.54, 1.807) is 7.11 Å². The topological polar surface area (TPSA) is 38.3 Å². The number of alkyl halides is 1. The molecule has 0 aliphatic heterocycles. The van der Waals surface area contributed by atoms with Gasteiger partial charge in [-0.2, -0.15) is 0 Å². The summed E-state index contributed by atoms with van der Waals surface area (Å²) < 4.78 is 5.04. The van der Waals surface area contributed by atoms with E-state index in [0.29, 0.717) is 23.3 Å². The minimum atomic E-state index is 0.286. The van der Waals surface area contributed by atoms with E-state index in [0.717, 1.165) is 25.3 Å². The van der Waals surface area contributed by atoms with Gasteiger partial charge in [-0.05, 0) is 37.5 Å². The molecule has 2 rings (SSSR count). The zero-order chi connectivity index (χ0) is 12.3. The molecule has 2 saturated carbocycles. The lowest BCUT2D eigenvalue weighted by molar-refractivity contribution is -0.126. The largest absolute Gasteiger partial charge is 0.384 e. The first-order valence-electron chi connectivity index (χ1n) is 6.61. The van der Waals surface area contributed by atoms with Gasteiger partial charge >= 0.3 is 0 Å². The third kappa shape index (κ3) is 3.44. The summed E-state index contributed by atoms with van der Waals surface area (Å²) in [6.45, 7) is 1.45. The van der Waals surface area contributed by atoms with Gasteiger partial charge in [-0.1, -0.05) is 22.4 Å². The van der Waals surface area contributed by atoms with Crippen molar-refractivity contribution in [3.63, 3.8) is 0 Å². The van der Waals surface area contributed by atoms with Crippen LogP contribution in [-0.2, 0) is 9.53 Å². The molecular weight excluding hydrogens is 282 g/mol. The van der Waals surface area contributed by atoms with Gasteiger partial charge in [-0.15, -0.1) is 0 Å². The van der Waals surface area contributed by atoms with Crippen LogP contribution >= 0.6 is 15.9 Å². The second-order valence-electron chi connectivity index (χ2n) is 5.41. The molecule has 0 saturated heterocycles. The van der Waals surface area contributed by atoms with E-state index in [1.807, 2.05) is 0 Å². The Morgan fingerprint density at radius 3 is 2.88 bits per heavy atom. The summed E-state index contributed by atoms with van der Waals surface area (Å²) in [5.41, 5.74) is 0. The van der Waals surface area contributed by atoms with Crippen LogP contribution < -0.4 is 5.32 Å². The van der Waals surface area contributed by atoms with Crippen LogP contribution in [0.3, 0.4) is 0 Å². The van der Waals surface area contributed by atoms with Crippen LogP contribution in [0.25, 0.3) is 0 Å². The van der Waals surface area contributed by atoms with Crippen LogP contribution in [-0.4, -0.2) is 31.0 Å². The van der Waals surface area contributed by atoms with Crippen LogP contribution in [0.1, 0.15) is 32.1 Å². The van der Waals surface area contributed by atoms with Gasteiger partial charge in [0.2, 0.25) is 5.91 Å². The zero-order valence-corrected chi connectivity index (χ0v) is 12.0. The first kappa shape index (κ1) is 13.3. The maximum atomic E-state index is 12.0. The molecule has 0 aromatic heterocycles. The molecule has 1 N–H and O–H groups in total. The number of nitrogens with one attached hydrogen (secondary N) is 1. The first-order chi connectivity index (χ1) is 8.20. The molecule has 17 heavy (non-hydrogen) atoms. The molecule has 98 valence electrons. The van der Waals surface area contributed by atoms with Crippen LogP contribution in [0.15, 0.2) is 0 Å². The molecule has 2 aliphatic rings. The predicted octanol–water partition coefficient (Wildman–Crippen LogP) is 2.34. The highest BCUT2D eigenvalue weighted by molar-refractivity contribution is 9.09. The monoisotopic (exact) mass is 303 g/mol. The van der Waals surface area contributed by atoms with Crippen LogP contribution in [0.2, 0.25) is 0 Å². The zero-order valence-electron chi connectivity index (χ0n) is 10.5. The van der Waals surface area contributed by atoms with Gasteiger partial charge in [0.1, 0.15) is 0 Å². The lowest BCUT2D eigenvalue weighted by Gasteiger charge is -2.21.